The molecule has 0 aliphatic carbocycles. The molecule has 0 bridgehead atoms. The van der Waals surface area contributed by atoms with E-state index in [1.54, 1.807) is 30.1 Å². The molecule has 5 nitrogen and oxygen atoms in total. The molecular formula is C16H14ClN3O2S2. The van der Waals surface area contributed by atoms with Gasteiger partial charge in [-0.15, -0.1) is 23.1 Å². The number of benzene rings is 1. The lowest BCUT2D eigenvalue weighted by Crippen LogP contribution is -2.29. The van der Waals surface area contributed by atoms with Crippen LogP contribution in [-0.2, 0) is 11.3 Å². The zero-order chi connectivity index (χ0) is 17.1. The van der Waals surface area contributed by atoms with Crippen molar-refractivity contribution in [1.29, 1.82) is 0 Å². The lowest BCUT2D eigenvalue weighted by molar-refractivity contribution is -0.127. The summed E-state index contributed by atoms with van der Waals surface area (Å²) in [6, 6.07) is 9.15. The largest absolute Gasteiger partial charge is 0.338 e. The van der Waals surface area contributed by atoms with Gasteiger partial charge in [-0.25, -0.2) is 4.98 Å². The van der Waals surface area contributed by atoms with Crippen LogP contribution in [0.3, 0.4) is 0 Å². The Kier molecular flexibility index (Phi) is 5.23. The van der Waals surface area contributed by atoms with Crippen molar-refractivity contribution in [2.45, 2.75) is 11.4 Å². The molecule has 0 aliphatic heterocycles. The van der Waals surface area contributed by atoms with E-state index in [4.69, 9.17) is 11.6 Å². The number of rotatable bonds is 5. The minimum Gasteiger partial charge on any atom is -0.338 e. The van der Waals surface area contributed by atoms with Crippen LogP contribution in [0.2, 0.25) is 5.02 Å². The molecule has 0 unspecified atom stereocenters. The number of carbonyl (C=O) groups is 1. The fourth-order valence-electron chi connectivity index (χ4n) is 2.10. The normalized spacial score (nSPS) is 10.9. The second-order valence-electron chi connectivity index (χ2n) is 5.14. The average Bonchev–Trinajstić information content (AvgIpc) is 3.03. The van der Waals surface area contributed by atoms with Crippen molar-refractivity contribution in [2.75, 3.05) is 12.8 Å². The molecule has 2 heterocycles. The fraction of sp³-hybridized carbons (Fsp3) is 0.188. The molecule has 2 aromatic heterocycles. The van der Waals surface area contributed by atoms with Crippen molar-refractivity contribution < 1.29 is 4.79 Å². The van der Waals surface area contributed by atoms with E-state index in [9.17, 15) is 9.59 Å². The van der Waals surface area contributed by atoms with Gasteiger partial charge in [0.15, 0.2) is 0 Å². The predicted octanol–water partition coefficient (Wildman–Crippen LogP) is 3.39. The number of nitrogens with one attached hydrogen (secondary N) is 1. The highest BCUT2D eigenvalue weighted by atomic mass is 35.5. The van der Waals surface area contributed by atoms with Crippen molar-refractivity contribution in [3.63, 3.8) is 0 Å². The molecule has 1 amide bonds. The molecule has 0 spiro atoms. The maximum Gasteiger partial charge on any atom is 0.268 e. The van der Waals surface area contributed by atoms with E-state index in [2.05, 4.69) is 9.97 Å². The number of H-pyrrole nitrogens is 1. The van der Waals surface area contributed by atoms with Gasteiger partial charge in [0.1, 0.15) is 10.5 Å². The second kappa shape index (κ2) is 7.38. The topological polar surface area (TPSA) is 66.1 Å². The van der Waals surface area contributed by atoms with Crippen LogP contribution < -0.4 is 5.56 Å². The molecule has 3 aromatic rings. The van der Waals surface area contributed by atoms with E-state index in [0.29, 0.717) is 26.8 Å². The minimum atomic E-state index is -0.165. The van der Waals surface area contributed by atoms with Gasteiger partial charge in [-0.2, -0.15) is 0 Å². The Bertz CT molecular complexity index is 921. The van der Waals surface area contributed by atoms with Gasteiger partial charge in [0.25, 0.3) is 5.56 Å². The summed E-state index contributed by atoms with van der Waals surface area (Å²) >= 11 is 8.64. The van der Waals surface area contributed by atoms with Crippen LogP contribution in [0.1, 0.15) is 5.82 Å². The van der Waals surface area contributed by atoms with Crippen LogP contribution in [0.15, 0.2) is 45.4 Å². The average molecular weight is 380 g/mol. The van der Waals surface area contributed by atoms with Crippen LogP contribution in [0.25, 0.3) is 10.2 Å². The van der Waals surface area contributed by atoms with Gasteiger partial charge in [0, 0.05) is 17.0 Å². The first-order valence-electron chi connectivity index (χ1n) is 7.11. The number of amides is 1. The number of thiophene rings is 1. The number of hydrogen-bond donors (Lipinski definition) is 1. The third-order valence-electron chi connectivity index (χ3n) is 3.35. The maximum absolute atomic E-state index is 12.2. The highest BCUT2D eigenvalue weighted by Gasteiger charge is 2.12. The van der Waals surface area contributed by atoms with Crippen molar-refractivity contribution in [1.82, 2.24) is 14.9 Å². The molecule has 0 saturated heterocycles. The van der Waals surface area contributed by atoms with Gasteiger partial charge in [-0.1, -0.05) is 11.6 Å². The smallest absolute Gasteiger partial charge is 0.268 e. The zero-order valence-corrected chi connectivity index (χ0v) is 15.2. The summed E-state index contributed by atoms with van der Waals surface area (Å²) in [5.74, 6) is 0.754. The molecule has 0 aliphatic rings. The standard InChI is InChI=1S/C16H14ClN3O2S2/c1-20(14(21)9-24-11-4-2-10(17)3-5-11)8-13-18-12-6-7-23-15(12)16(22)19-13/h2-7H,8-9H2,1H3,(H,18,19,22). The molecule has 8 heteroatoms. The van der Waals surface area contributed by atoms with Gasteiger partial charge in [-0.3, -0.25) is 9.59 Å². The summed E-state index contributed by atoms with van der Waals surface area (Å²) in [6.07, 6.45) is 0. The van der Waals surface area contributed by atoms with E-state index in [1.165, 1.54) is 23.1 Å². The molecule has 0 fully saturated rings. The molecule has 1 N–H and O–H groups in total. The number of fused-ring (bicyclic) bond motifs is 1. The quantitative estimate of drug-likeness (QED) is 0.690. The molecule has 0 saturated carbocycles. The number of thioether (sulfide) groups is 1. The summed E-state index contributed by atoms with van der Waals surface area (Å²) in [6.45, 7) is 0.265. The highest BCUT2D eigenvalue weighted by molar-refractivity contribution is 8.00. The Morgan fingerprint density at radius 2 is 2.08 bits per heavy atom. The van der Waals surface area contributed by atoms with Gasteiger partial charge >= 0.3 is 0 Å². The predicted molar refractivity (Wildman–Crippen MR) is 98.9 cm³/mol. The molecule has 124 valence electrons. The van der Waals surface area contributed by atoms with E-state index >= 15 is 0 Å². The van der Waals surface area contributed by atoms with Gasteiger partial charge < -0.3 is 9.88 Å². The van der Waals surface area contributed by atoms with Crippen LogP contribution >= 0.6 is 34.7 Å². The summed E-state index contributed by atoms with van der Waals surface area (Å²) in [4.78, 5) is 33.8. The lowest BCUT2D eigenvalue weighted by Gasteiger charge is -2.16. The van der Waals surface area contributed by atoms with E-state index in [1.807, 2.05) is 17.5 Å². The molecule has 0 radical (unpaired) electrons. The number of hydrogen-bond acceptors (Lipinski definition) is 5. The molecule has 24 heavy (non-hydrogen) atoms. The first kappa shape index (κ1) is 17.0. The molecular weight excluding hydrogens is 366 g/mol. The van der Waals surface area contributed by atoms with Crippen molar-refractivity contribution in [3.05, 3.63) is 56.9 Å². The third-order valence-corrected chi connectivity index (χ3v) is 5.50. The summed E-state index contributed by atoms with van der Waals surface area (Å²) in [5.41, 5.74) is 0.497. The van der Waals surface area contributed by atoms with Crippen molar-refractivity contribution in [3.8, 4) is 0 Å². The van der Waals surface area contributed by atoms with E-state index < -0.39 is 0 Å². The number of nitrogens with zero attached hydrogens (tertiary/aromatic N) is 2. The lowest BCUT2D eigenvalue weighted by atomic mass is 10.4. The number of halogens is 1. The fourth-order valence-corrected chi connectivity index (χ4v) is 3.79. The Morgan fingerprint density at radius 1 is 1.33 bits per heavy atom. The number of carbonyl (C=O) groups excluding carboxylic acids is 1. The second-order valence-corrected chi connectivity index (χ2v) is 7.54. The third kappa shape index (κ3) is 3.98. The Hall–Kier alpha value is -1.83. The Morgan fingerprint density at radius 3 is 2.83 bits per heavy atom. The van der Waals surface area contributed by atoms with E-state index in [-0.39, 0.29) is 18.0 Å². The van der Waals surface area contributed by atoms with Crippen LogP contribution in [0.4, 0.5) is 0 Å². The van der Waals surface area contributed by atoms with Crippen molar-refractivity contribution in [2.24, 2.45) is 0 Å². The van der Waals surface area contributed by atoms with E-state index in [0.717, 1.165) is 4.90 Å². The molecule has 1 aromatic carbocycles. The van der Waals surface area contributed by atoms with Gasteiger partial charge in [0.2, 0.25) is 5.91 Å². The highest BCUT2D eigenvalue weighted by Crippen LogP contribution is 2.20. The minimum absolute atomic E-state index is 0.0389. The first-order chi connectivity index (χ1) is 11.5. The van der Waals surface area contributed by atoms with Crippen LogP contribution in [-0.4, -0.2) is 33.6 Å². The summed E-state index contributed by atoms with van der Waals surface area (Å²) in [5, 5.41) is 2.50. The first-order valence-corrected chi connectivity index (χ1v) is 9.36. The van der Waals surface area contributed by atoms with Gasteiger partial charge in [0.05, 0.1) is 17.8 Å². The summed E-state index contributed by atoms with van der Waals surface area (Å²) in [7, 11) is 1.70. The van der Waals surface area contributed by atoms with Crippen LogP contribution in [0, 0.1) is 0 Å². The Balaban J connectivity index is 1.62. The monoisotopic (exact) mass is 379 g/mol. The SMILES string of the molecule is CN(Cc1nc2ccsc2c(=O)[nH]1)C(=O)CSc1ccc(Cl)cc1. The van der Waals surface area contributed by atoms with Crippen molar-refractivity contribution >= 4 is 50.8 Å². The zero-order valence-electron chi connectivity index (χ0n) is 12.8. The summed E-state index contributed by atoms with van der Waals surface area (Å²) < 4.78 is 0.603. The molecule has 0 atom stereocenters. The Labute approximate surface area is 151 Å². The number of aromatic amines is 1. The number of aromatic nitrogens is 2. The molecule has 3 rings (SSSR count). The maximum atomic E-state index is 12.2. The van der Waals surface area contributed by atoms with Crippen LogP contribution in [0.5, 0.6) is 0 Å². The van der Waals surface area contributed by atoms with Gasteiger partial charge in [-0.05, 0) is 35.7 Å².